The number of phenols is 1. The fourth-order valence-electron chi connectivity index (χ4n) is 15.0. The lowest BCUT2D eigenvalue weighted by molar-refractivity contribution is -0.151. The summed E-state index contributed by atoms with van der Waals surface area (Å²) in [6.07, 6.45) is 29.3. The zero-order valence-corrected chi connectivity index (χ0v) is 53.1. The van der Waals surface area contributed by atoms with E-state index in [1.54, 1.807) is 90.5 Å². The van der Waals surface area contributed by atoms with Gasteiger partial charge in [0.15, 0.2) is 0 Å². The molecule has 0 aliphatic heterocycles. The van der Waals surface area contributed by atoms with E-state index >= 15 is 0 Å². The maximum Gasteiger partial charge on any atom is 0.343 e. The first kappa shape index (κ1) is 65.2. The maximum atomic E-state index is 13.1. The van der Waals surface area contributed by atoms with E-state index < -0.39 is 17.9 Å². The summed E-state index contributed by atoms with van der Waals surface area (Å²) in [5.41, 5.74) is 4.13. The van der Waals surface area contributed by atoms with Gasteiger partial charge >= 0.3 is 23.9 Å². The molecule has 0 saturated heterocycles. The fourth-order valence-corrected chi connectivity index (χ4v) is 15.0. The lowest BCUT2D eigenvalue weighted by atomic mass is 9.47. The van der Waals surface area contributed by atoms with E-state index in [1.165, 1.54) is 126 Å². The monoisotopic (exact) mass is 1200 g/mol. The van der Waals surface area contributed by atoms with E-state index in [0.717, 1.165) is 67.6 Å². The number of rotatable bonds is 30. The molecule has 1 N–H and O–H groups in total. The number of unbranched alkanes of at least 4 members (excludes halogenated alkanes) is 8. The van der Waals surface area contributed by atoms with Crippen molar-refractivity contribution in [3.8, 4) is 34.5 Å². The number of allylic oxidation sites excluding steroid dienone is 1. The lowest BCUT2D eigenvalue weighted by Gasteiger charge is -2.58. The molecule has 470 valence electrons. The molecule has 8 atom stereocenters. The second-order valence-electron chi connectivity index (χ2n) is 26.5. The fraction of sp³-hybridized carbons (Fsp3) is 0.513. The van der Waals surface area contributed by atoms with Crippen molar-refractivity contribution in [2.24, 2.45) is 51.3 Å². The number of hydrogen-bond donors (Lipinski definition) is 1. The van der Waals surface area contributed by atoms with Crippen LogP contribution in [0.1, 0.15) is 219 Å². The summed E-state index contributed by atoms with van der Waals surface area (Å²) in [4.78, 5) is 56.6. The van der Waals surface area contributed by atoms with Crippen molar-refractivity contribution in [1.29, 1.82) is 0 Å². The summed E-state index contributed by atoms with van der Waals surface area (Å²) < 4.78 is 34.7. The molecular weight excluding hydrogens is 1100 g/mol. The highest BCUT2D eigenvalue weighted by molar-refractivity contribution is 5.94. The van der Waals surface area contributed by atoms with Crippen LogP contribution in [0.4, 0.5) is 5.69 Å². The van der Waals surface area contributed by atoms with Gasteiger partial charge < -0.3 is 33.5 Å². The second-order valence-corrected chi connectivity index (χ2v) is 26.5. The number of nitrogens with zero attached hydrogens (tertiary/aromatic N) is 1. The minimum absolute atomic E-state index is 0.000565. The van der Waals surface area contributed by atoms with E-state index in [4.69, 9.17) is 28.4 Å². The molecule has 5 aromatic rings. The van der Waals surface area contributed by atoms with Crippen molar-refractivity contribution >= 4 is 35.8 Å². The third-order valence-corrected chi connectivity index (χ3v) is 19.9. The molecule has 4 aliphatic rings. The summed E-state index contributed by atoms with van der Waals surface area (Å²) in [5, 5.41) is 10.8. The first-order chi connectivity index (χ1) is 42.6. The Morgan fingerprint density at radius 3 is 1.84 bits per heavy atom. The van der Waals surface area contributed by atoms with Gasteiger partial charge in [0.25, 0.3) is 0 Å². The molecule has 5 aromatic carbocycles. The van der Waals surface area contributed by atoms with Crippen molar-refractivity contribution in [3.63, 3.8) is 0 Å². The van der Waals surface area contributed by atoms with Gasteiger partial charge in [0.1, 0.15) is 40.6 Å². The summed E-state index contributed by atoms with van der Waals surface area (Å²) in [7, 11) is 0. The van der Waals surface area contributed by atoms with Crippen LogP contribution in [0.15, 0.2) is 132 Å². The predicted molar refractivity (Wildman–Crippen MR) is 346 cm³/mol. The van der Waals surface area contributed by atoms with E-state index in [9.17, 15) is 24.3 Å². The van der Waals surface area contributed by atoms with Crippen LogP contribution in [0.5, 0.6) is 34.5 Å². The number of hydrogen-bond acceptors (Lipinski definition) is 12. The Kier molecular flexibility index (Phi) is 23.2. The van der Waals surface area contributed by atoms with Crippen molar-refractivity contribution < 1.29 is 52.7 Å². The first-order valence-electron chi connectivity index (χ1n) is 33.2. The smallest absolute Gasteiger partial charge is 0.343 e. The SMILES string of the molecule is CCCCCCCCCCOc1ccc(C(=O)Oc2ccc(C(=O)Oc3cccc(OC(=O)c4ccc(N=Cc5ccc(OCCCCC(=O)O[C@H]6CC[C@@]7(C)C(=CC[C@H]8[C@@H]9CC[C@H]([C@H](C)CCCC(C)C)[C@@]9(C)CC[C@@H]87)C6)cc5O)cc4)c3)cc2)cc1. The Labute approximate surface area is 523 Å². The molecule has 12 nitrogen and oxygen atoms in total. The molecule has 0 bridgehead atoms. The zero-order valence-electron chi connectivity index (χ0n) is 53.1. The van der Waals surface area contributed by atoms with Gasteiger partial charge in [-0.15, -0.1) is 0 Å². The highest BCUT2D eigenvalue weighted by atomic mass is 16.6. The molecule has 4 aliphatic carbocycles. The topological polar surface area (TPSA) is 156 Å². The Morgan fingerprint density at radius 2 is 1.19 bits per heavy atom. The van der Waals surface area contributed by atoms with Crippen LogP contribution in [0.2, 0.25) is 0 Å². The van der Waals surface area contributed by atoms with Gasteiger partial charge in [0.2, 0.25) is 0 Å². The average molecular weight is 1200 g/mol. The van der Waals surface area contributed by atoms with E-state index in [0.29, 0.717) is 66.2 Å². The van der Waals surface area contributed by atoms with Crippen LogP contribution in [-0.4, -0.2) is 54.5 Å². The number of carbonyl (C=O) groups is 4. The molecule has 9 rings (SSSR count). The molecule has 3 saturated carbocycles. The van der Waals surface area contributed by atoms with E-state index in [2.05, 4.69) is 52.6 Å². The average Bonchev–Trinajstić information content (AvgIpc) is 1.38. The summed E-state index contributed by atoms with van der Waals surface area (Å²) in [6.45, 7) is 15.7. The van der Waals surface area contributed by atoms with Gasteiger partial charge in [-0.05, 0) is 208 Å². The predicted octanol–water partition coefficient (Wildman–Crippen LogP) is 18.8. The van der Waals surface area contributed by atoms with Gasteiger partial charge in [-0.3, -0.25) is 9.79 Å². The molecule has 0 radical (unpaired) electrons. The number of phenolic OH excluding ortho intramolecular Hbond substituents is 1. The maximum absolute atomic E-state index is 13.1. The zero-order chi connectivity index (χ0) is 62.0. The van der Waals surface area contributed by atoms with Crippen molar-refractivity contribution in [2.75, 3.05) is 13.2 Å². The van der Waals surface area contributed by atoms with Crippen LogP contribution in [-0.2, 0) is 9.53 Å². The molecule has 0 aromatic heterocycles. The number of ether oxygens (including phenoxy) is 6. The van der Waals surface area contributed by atoms with Gasteiger partial charge in [0, 0.05) is 36.8 Å². The third kappa shape index (κ3) is 17.3. The molecule has 0 heterocycles. The van der Waals surface area contributed by atoms with Gasteiger partial charge in [-0.1, -0.05) is 123 Å². The van der Waals surface area contributed by atoms with Gasteiger partial charge in [-0.25, -0.2) is 14.4 Å². The Hall–Kier alpha value is -7.21. The van der Waals surface area contributed by atoms with Gasteiger partial charge in [-0.2, -0.15) is 0 Å². The van der Waals surface area contributed by atoms with Crippen LogP contribution in [0.25, 0.3) is 0 Å². The van der Waals surface area contributed by atoms with Crippen LogP contribution in [0.3, 0.4) is 0 Å². The van der Waals surface area contributed by atoms with Gasteiger partial charge in [0.05, 0.1) is 35.6 Å². The third-order valence-electron chi connectivity index (χ3n) is 19.9. The number of aromatic hydroxyl groups is 1. The van der Waals surface area contributed by atoms with Crippen LogP contribution < -0.4 is 23.7 Å². The standard InChI is InChI=1S/C76H95NO11/c1-7-8-9-10-11-12-13-15-46-83-60-34-26-55(27-35-60)72(80)86-61-36-28-56(29-37-61)74(82)88-64-22-18-21-63(49-64)87-73(81)54-24-32-59(33-25-54)77-51-57-30-38-62(50-70(57)78)84-47-16-14-23-71(79)85-65-42-44-75(5)58(48-65)31-39-66-68-41-40-67(53(4)20-17-19-52(2)3)76(68,6)45-43-69(66)75/h18,21-22,24-38,49-53,65-69,78H,7-17,19-20,23,39-48H2,1-6H3/t53-,65+,66+,67-,68+,69+,75+,76-/m1/s1. The number of esters is 4. The molecule has 0 unspecified atom stereocenters. The lowest BCUT2D eigenvalue weighted by Crippen LogP contribution is -2.51. The first-order valence-corrected chi connectivity index (χ1v) is 33.2. The molecule has 3 fully saturated rings. The number of carbonyl (C=O) groups excluding carboxylic acids is 4. The largest absolute Gasteiger partial charge is 0.507 e. The number of aliphatic imine (C=N–C) groups is 1. The van der Waals surface area contributed by atoms with Crippen LogP contribution >= 0.6 is 0 Å². The molecule has 0 spiro atoms. The summed E-state index contributed by atoms with van der Waals surface area (Å²) >= 11 is 0. The molecule has 12 heteroatoms. The second kappa shape index (κ2) is 31.3. The Bertz CT molecular complexity index is 3170. The Balaban J connectivity index is 0.648. The minimum atomic E-state index is -0.656. The Morgan fingerprint density at radius 1 is 0.602 bits per heavy atom. The van der Waals surface area contributed by atoms with Crippen molar-refractivity contribution in [1.82, 2.24) is 0 Å². The van der Waals surface area contributed by atoms with Crippen molar-refractivity contribution in [2.45, 2.75) is 189 Å². The molecule has 88 heavy (non-hydrogen) atoms. The summed E-state index contributed by atoms with van der Waals surface area (Å²) in [5.74, 6) is 4.69. The summed E-state index contributed by atoms with van der Waals surface area (Å²) in [6, 6.07) is 30.6. The molecule has 0 amide bonds. The quantitative estimate of drug-likeness (QED) is 0.0153. The highest BCUT2D eigenvalue weighted by Gasteiger charge is 2.59. The molecular formula is C76H95NO11. The number of benzene rings is 5. The highest BCUT2D eigenvalue weighted by Crippen LogP contribution is 2.67. The van der Waals surface area contributed by atoms with E-state index in [1.807, 2.05) is 0 Å². The van der Waals surface area contributed by atoms with Crippen molar-refractivity contribution in [3.05, 3.63) is 149 Å². The van der Waals surface area contributed by atoms with Crippen LogP contribution in [0, 0.1) is 46.3 Å². The normalized spacial score (nSPS) is 22.4. The minimum Gasteiger partial charge on any atom is -0.507 e. The van der Waals surface area contributed by atoms with E-state index in [-0.39, 0.29) is 51.6 Å². The number of fused-ring (bicyclic) bond motifs is 5.